The second-order valence-corrected chi connectivity index (χ2v) is 11.0. The van der Waals surface area contributed by atoms with E-state index < -0.39 is 28.1 Å². The summed E-state index contributed by atoms with van der Waals surface area (Å²) in [7, 11) is -4.02. The number of carbonyl (C=O) groups excluding carboxylic acids is 3. The third-order valence-electron chi connectivity index (χ3n) is 5.25. The largest absolute Gasteiger partial charge is 0.455 e. The molecule has 1 heterocycles. The van der Waals surface area contributed by atoms with Gasteiger partial charge in [-0.15, -0.1) is 18.3 Å². The number of β-lactam (4-membered cyclic amide) rings is 1. The van der Waals surface area contributed by atoms with Gasteiger partial charge in [-0.05, 0) is 37.1 Å². The number of amides is 1. The van der Waals surface area contributed by atoms with Crippen LogP contribution in [0.1, 0.15) is 18.1 Å². The highest BCUT2D eigenvalue weighted by Crippen LogP contribution is 2.17. The molecule has 1 aliphatic heterocycles. The number of rotatable bonds is 11. The van der Waals surface area contributed by atoms with Crippen LogP contribution >= 0.6 is 11.8 Å². The van der Waals surface area contributed by atoms with E-state index in [0.29, 0.717) is 17.9 Å². The molecule has 0 radical (unpaired) electrons. The number of thioether (sulfide) groups is 1. The van der Waals surface area contributed by atoms with Gasteiger partial charge in [-0.3, -0.25) is 14.1 Å². The first-order valence-corrected chi connectivity index (χ1v) is 14.4. The zero-order valence-electron chi connectivity index (χ0n) is 21.7. The first-order valence-electron chi connectivity index (χ1n) is 11.8. The highest BCUT2D eigenvalue weighted by atomic mass is 32.2. The Kier molecular flexibility index (Phi) is 12.4. The van der Waals surface area contributed by atoms with Crippen LogP contribution in [0.25, 0.3) is 0 Å². The number of likely N-dealkylation sites (tertiary alicyclic amines) is 1. The maximum atomic E-state index is 12.5. The van der Waals surface area contributed by atoms with Gasteiger partial charge in [-0.2, -0.15) is 8.42 Å². The summed E-state index contributed by atoms with van der Waals surface area (Å²) < 4.78 is 40.1. The highest BCUT2D eigenvalue weighted by molar-refractivity contribution is 8.00. The minimum atomic E-state index is -4.02. The van der Waals surface area contributed by atoms with E-state index in [-0.39, 0.29) is 35.5 Å². The topological polar surface area (TPSA) is 153 Å². The van der Waals surface area contributed by atoms with Crippen LogP contribution in [-0.2, 0) is 40.6 Å². The van der Waals surface area contributed by atoms with Gasteiger partial charge in [0, 0.05) is 18.8 Å². The standard InChI is InChI=1S/C20H24N2O5S.C7H8O3S/c1-3-9-28-13-17(23)27-18(14(2)10-22-11-16(21)19(22)24)20(25)26-12-15-7-5-4-6-8-15;1-6-2-4-7(5-3-6)11(8,9)10/h3-8,16H,1,9-13,21H2,2H3;2-5H,1H3,(H,8,9,10)/t16-;/m0./s1. The number of esters is 2. The van der Waals surface area contributed by atoms with Crippen molar-refractivity contribution < 1.29 is 36.8 Å². The van der Waals surface area contributed by atoms with Crippen molar-refractivity contribution in [2.45, 2.75) is 31.4 Å². The monoisotopic (exact) mass is 576 g/mol. The zero-order valence-corrected chi connectivity index (χ0v) is 23.4. The van der Waals surface area contributed by atoms with Gasteiger partial charge in [0.2, 0.25) is 11.7 Å². The van der Waals surface area contributed by atoms with Crippen molar-refractivity contribution in [3.05, 3.63) is 89.7 Å². The number of carbonyl (C=O) groups is 3. The lowest BCUT2D eigenvalue weighted by molar-refractivity contribution is -0.151. The van der Waals surface area contributed by atoms with Crippen LogP contribution < -0.4 is 5.73 Å². The Labute approximate surface area is 232 Å². The third kappa shape index (κ3) is 10.7. The fourth-order valence-electron chi connectivity index (χ4n) is 3.20. The first-order chi connectivity index (χ1) is 18.4. The van der Waals surface area contributed by atoms with Gasteiger partial charge in [0.1, 0.15) is 12.6 Å². The molecule has 210 valence electrons. The van der Waals surface area contributed by atoms with E-state index in [1.54, 1.807) is 25.1 Å². The summed E-state index contributed by atoms with van der Waals surface area (Å²) in [5, 5.41) is 0. The van der Waals surface area contributed by atoms with Crippen molar-refractivity contribution in [1.29, 1.82) is 0 Å². The molecule has 3 rings (SSSR count). The van der Waals surface area contributed by atoms with E-state index in [4.69, 9.17) is 19.8 Å². The highest BCUT2D eigenvalue weighted by Gasteiger charge is 2.34. The van der Waals surface area contributed by atoms with Gasteiger partial charge >= 0.3 is 11.9 Å². The summed E-state index contributed by atoms with van der Waals surface area (Å²) in [5.74, 6) is -1.04. The van der Waals surface area contributed by atoms with Gasteiger partial charge in [0.05, 0.1) is 10.6 Å². The van der Waals surface area contributed by atoms with E-state index in [1.807, 2.05) is 37.3 Å². The fourth-order valence-corrected chi connectivity index (χ4v) is 4.19. The molecule has 3 N–H and O–H groups in total. The molecule has 0 aromatic heterocycles. The average molecular weight is 577 g/mol. The van der Waals surface area contributed by atoms with E-state index in [0.717, 1.165) is 11.1 Å². The van der Waals surface area contributed by atoms with E-state index in [9.17, 15) is 22.8 Å². The summed E-state index contributed by atoms with van der Waals surface area (Å²) in [4.78, 5) is 37.8. The van der Waals surface area contributed by atoms with Crippen LogP contribution in [0.3, 0.4) is 0 Å². The van der Waals surface area contributed by atoms with Gasteiger partial charge in [-0.25, -0.2) is 4.79 Å². The number of aryl methyl sites for hydroxylation is 1. The molecule has 0 saturated carbocycles. The Bertz CT molecular complexity index is 1290. The number of nitrogens with zero attached hydrogens (tertiary/aromatic N) is 1. The van der Waals surface area contributed by atoms with Crippen molar-refractivity contribution in [2.24, 2.45) is 5.73 Å². The maximum Gasteiger partial charge on any atom is 0.374 e. The summed E-state index contributed by atoms with van der Waals surface area (Å²) in [6.45, 7) is 7.64. The molecular formula is C27H32N2O8S2. The second kappa shape index (κ2) is 15.2. The second-order valence-electron chi connectivity index (χ2n) is 8.56. The Balaban J connectivity index is 0.000000404. The molecule has 0 unspecified atom stereocenters. The molecule has 1 amide bonds. The summed E-state index contributed by atoms with van der Waals surface area (Å²) in [6, 6.07) is 14.6. The Hall–Kier alpha value is -3.45. The molecule has 10 nitrogen and oxygen atoms in total. The summed E-state index contributed by atoms with van der Waals surface area (Å²) >= 11 is 1.32. The predicted octanol–water partition coefficient (Wildman–Crippen LogP) is 2.88. The molecule has 2 aromatic rings. The smallest absolute Gasteiger partial charge is 0.374 e. The molecule has 1 saturated heterocycles. The van der Waals surface area contributed by atoms with E-state index >= 15 is 0 Å². The van der Waals surface area contributed by atoms with Crippen LogP contribution in [0, 0.1) is 6.92 Å². The SMILES string of the molecule is C=CCSCC(=O)OC(C(=O)OCc1ccccc1)=C(C)CN1C[C@H](N)C1=O.Cc1ccc(S(=O)(=O)O)cc1. The van der Waals surface area contributed by atoms with Crippen LogP contribution in [0.15, 0.2) is 83.5 Å². The normalized spacial score (nSPS) is 15.2. The third-order valence-corrected chi connectivity index (χ3v) is 7.03. The average Bonchev–Trinajstić information content (AvgIpc) is 2.90. The van der Waals surface area contributed by atoms with Crippen molar-refractivity contribution in [3.63, 3.8) is 0 Å². The van der Waals surface area contributed by atoms with E-state index in [1.165, 1.54) is 28.8 Å². The lowest BCUT2D eigenvalue weighted by atomic mass is 10.1. The van der Waals surface area contributed by atoms with Crippen LogP contribution in [0.4, 0.5) is 0 Å². The Morgan fingerprint density at radius 1 is 1.18 bits per heavy atom. The van der Waals surface area contributed by atoms with Crippen molar-refractivity contribution in [3.8, 4) is 0 Å². The van der Waals surface area contributed by atoms with Crippen molar-refractivity contribution in [1.82, 2.24) is 4.90 Å². The van der Waals surface area contributed by atoms with Gasteiger partial charge in [0.25, 0.3) is 10.1 Å². The Morgan fingerprint density at radius 3 is 2.36 bits per heavy atom. The molecule has 0 spiro atoms. The first kappa shape index (κ1) is 31.8. The van der Waals surface area contributed by atoms with Crippen LogP contribution in [-0.4, -0.2) is 66.4 Å². The van der Waals surface area contributed by atoms with Gasteiger partial charge < -0.3 is 20.1 Å². The summed E-state index contributed by atoms with van der Waals surface area (Å²) in [6.07, 6.45) is 1.67. The number of hydrogen-bond acceptors (Lipinski definition) is 9. The van der Waals surface area contributed by atoms with Crippen molar-refractivity contribution in [2.75, 3.05) is 24.6 Å². The minimum Gasteiger partial charge on any atom is -0.455 e. The lowest BCUT2D eigenvalue weighted by Gasteiger charge is -2.36. The number of nitrogens with two attached hydrogens (primary N) is 1. The predicted molar refractivity (Wildman–Crippen MR) is 148 cm³/mol. The van der Waals surface area contributed by atoms with Crippen LogP contribution in [0.2, 0.25) is 0 Å². The summed E-state index contributed by atoms with van der Waals surface area (Å²) in [5.41, 5.74) is 7.79. The van der Waals surface area contributed by atoms with Crippen molar-refractivity contribution >= 4 is 39.7 Å². The van der Waals surface area contributed by atoms with Gasteiger partial charge in [0.15, 0.2) is 0 Å². The molecule has 2 aromatic carbocycles. The molecule has 0 aliphatic carbocycles. The molecule has 39 heavy (non-hydrogen) atoms. The molecule has 0 bridgehead atoms. The molecular weight excluding hydrogens is 544 g/mol. The molecule has 1 atom stereocenters. The quantitative estimate of drug-likeness (QED) is 0.0776. The lowest BCUT2D eigenvalue weighted by Crippen LogP contribution is -2.61. The zero-order chi connectivity index (χ0) is 29.0. The van der Waals surface area contributed by atoms with Crippen LogP contribution in [0.5, 0.6) is 0 Å². The molecule has 1 fully saturated rings. The Morgan fingerprint density at radius 2 is 1.82 bits per heavy atom. The van der Waals surface area contributed by atoms with Gasteiger partial charge in [-0.1, -0.05) is 54.1 Å². The fraction of sp³-hybridized carbons (Fsp3) is 0.296. The molecule has 12 heteroatoms. The molecule has 1 aliphatic rings. The van der Waals surface area contributed by atoms with E-state index in [2.05, 4.69) is 6.58 Å². The minimum absolute atomic E-state index is 0.0484. The maximum absolute atomic E-state index is 12.5. The number of hydrogen-bond donors (Lipinski definition) is 2. The number of ether oxygens (including phenoxy) is 2. The number of benzene rings is 2.